The van der Waals surface area contributed by atoms with Crippen LogP contribution in [0.5, 0.6) is 11.5 Å². The Morgan fingerprint density at radius 2 is 1.79 bits per heavy atom. The van der Waals surface area contributed by atoms with Crippen LogP contribution >= 0.6 is 0 Å². The van der Waals surface area contributed by atoms with Crippen LogP contribution in [0, 0.1) is 6.92 Å². The molecule has 0 saturated heterocycles. The number of aryl methyl sites for hydroxylation is 1. The van der Waals surface area contributed by atoms with Crippen LogP contribution in [0.2, 0.25) is 0 Å². The first kappa shape index (κ1) is 15.3. The molecule has 1 rings (SSSR count). The minimum atomic E-state index is -0.826. The summed E-state index contributed by atoms with van der Waals surface area (Å²) in [5, 5.41) is 9.03. The van der Waals surface area contributed by atoms with Gasteiger partial charge in [0.05, 0.1) is 20.6 Å². The smallest absolute Gasteiger partial charge is 0.305 e. The van der Waals surface area contributed by atoms with Gasteiger partial charge in [0, 0.05) is 6.04 Å². The molecule has 0 aliphatic rings. The first-order valence-electron chi connectivity index (χ1n) is 6.01. The predicted octanol–water partition coefficient (Wildman–Crippen LogP) is 2.09. The van der Waals surface area contributed by atoms with E-state index in [1.54, 1.807) is 14.2 Å². The molecular weight excluding hydrogens is 246 g/mol. The van der Waals surface area contributed by atoms with Crippen LogP contribution < -0.4 is 9.47 Å². The molecule has 0 saturated carbocycles. The lowest BCUT2D eigenvalue weighted by molar-refractivity contribution is -0.138. The summed E-state index contributed by atoms with van der Waals surface area (Å²) in [6.07, 6.45) is 0.0450. The number of hydrogen-bond donors (Lipinski definition) is 1. The van der Waals surface area contributed by atoms with Crippen LogP contribution in [0.1, 0.15) is 23.6 Å². The van der Waals surface area contributed by atoms with Gasteiger partial charge in [-0.05, 0) is 44.3 Å². The van der Waals surface area contributed by atoms with Gasteiger partial charge in [-0.3, -0.25) is 4.79 Å². The molecule has 0 spiro atoms. The molecule has 1 aromatic carbocycles. The van der Waals surface area contributed by atoms with Crippen LogP contribution in [0.15, 0.2) is 12.1 Å². The van der Waals surface area contributed by atoms with Gasteiger partial charge in [-0.1, -0.05) is 0 Å². The van der Waals surface area contributed by atoms with E-state index in [4.69, 9.17) is 14.6 Å². The lowest BCUT2D eigenvalue weighted by Gasteiger charge is -2.25. The van der Waals surface area contributed by atoms with Crippen LogP contribution in [0.25, 0.3) is 0 Å². The van der Waals surface area contributed by atoms with Gasteiger partial charge in [-0.25, -0.2) is 0 Å². The fourth-order valence-electron chi connectivity index (χ4n) is 2.09. The highest BCUT2D eigenvalue weighted by Crippen LogP contribution is 2.35. The Hall–Kier alpha value is -1.75. The molecule has 1 atom stereocenters. The summed E-state index contributed by atoms with van der Waals surface area (Å²) >= 11 is 0. The topological polar surface area (TPSA) is 59.0 Å². The minimum absolute atomic E-state index is 0.0450. The summed E-state index contributed by atoms with van der Waals surface area (Å²) in [7, 11) is 6.88. The maximum atomic E-state index is 11.0. The number of ether oxygens (including phenoxy) is 2. The van der Waals surface area contributed by atoms with Crippen LogP contribution in [0.3, 0.4) is 0 Å². The molecule has 0 aromatic heterocycles. The monoisotopic (exact) mass is 267 g/mol. The number of aliphatic carboxylic acids is 1. The highest BCUT2D eigenvalue weighted by molar-refractivity contribution is 5.68. The van der Waals surface area contributed by atoms with Gasteiger partial charge in [0.2, 0.25) is 0 Å². The number of nitrogens with zero attached hydrogens (tertiary/aromatic N) is 1. The summed E-state index contributed by atoms with van der Waals surface area (Å²) < 4.78 is 10.5. The Labute approximate surface area is 113 Å². The Morgan fingerprint density at radius 3 is 2.21 bits per heavy atom. The van der Waals surface area contributed by atoms with Crippen molar-refractivity contribution in [3.63, 3.8) is 0 Å². The molecule has 1 unspecified atom stereocenters. The Kier molecular flexibility index (Phi) is 5.18. The van der Waals surface area contributed by atoms with Crippen molar-refractivity contribution in [2.75, 3.05) is 28.3 Å². The lowest BCUT2D eigenvalue weighted by atomic mass is 9.97. The van der Waals surface area contributed by atoms with Crippen molar-refractivity contribution in [1.29, 1.82) is 0 Å². The quantitative estimate of drug-likeness (QED) is 0.855. The third-order valence-electron chi connectivity index (χ3n) is 3.12. The number of hydrogen-bond acceptors (Lipinski definition) is 4. The van der Waals surface area contributed by atoms with E-state index in [1.807, 2.05) is 38.1 Å². The molecule has 0 bridgehead atoms. The van der Waals surface area contributed by atoms with E-state index in [0.717, 1.165) is 11.1 Å². The predicted molar refractivity (Wildman–Crippen MR) is 73.0 cm³/mol. The van der Waals surface area contributed by atoms with E-state index < -0.39 is 5.97 Å². The van der Waals surface area contributed by atoms with Crippen molar-refractivity contribution in [2.45, 2.75) is 19.4 Å². The van der Waals surface area contributed by atoms with E-state index in [-0.39, 0.29) is 12.5 Å². The van der Waals surface area contributed by atoms with E-state index in [2.05, 4.69) is 0 Å². The molecule has 19 heavy (non-hydrogen) atoms. The zero-order valence-electron chi connectivity index (χ0n) is 12.1. The summed E-state index contributed by atoms with van der Waals surface area (Å²) in [5.74, 6) is 0.435. The standard InChI is InChI=1S/C14H21NO4/c1-9-6-12(18-4)13(19-5)7-10(9)11(15(2)3)8-14(16)17/h6-7,11H,8H2,1-5H3,(H,16,17). The average Bonchev–Trinajstić information content (AvgIpc) is 2.35. The molecule has 0 radical (unpaired) electrons. The Morgan fingerprint density at radius 1 is 1.26 bits per heavy atom. The van der Waals surface area contributed by atoms with Gasteiger partial charge in [0.15, 0.2) is 11.5 Å². The molecule has 0 aliphatic carbocycles. The molecule has 5 nitrogen and oxygen atoms in total. The fourth-order valence-corrected chi connectivity index (χ4v) is 2.09. The second kappa shape index (κ2) is 6.43. The number of carboxylic acid groups (broad SMARTS) is 1. The van der Waals surface area contributed by atoms with Crippen LogP contribution in [-0.4, -0.2) is 44.3 Å². The molecular formula is C14H21NO4. The molecule has 0 aliphatic heterocycles. The maximum Gasteiger partial charge on any atom is 0.305 e. The molecule has 106 valence electrons. The van der Waals surface area contributed by atoms with Crippen molar-refractivity contribution < 1.29 is 19.4 Å². The van der Waals surface area contributed by atoms with Crippen molar-refractivity contribution in [3.8, 4) is 11.5 Å². The third-order valence-corrected chi connectivity index (χ3v) is 3.12. The summed E-state index contributed by atoms with van der Waals surface area (Å²) in [5.41, 5.74) is 1.92. The van der Waals surface area contributed by atoms with Crippen molar-refractivity contribution in [2.24, 2.45) is 0 Å². The summed E-state index contributed by atoms with van der Waals surface area (Å²) in [6.45, 7) is 1.94. The number of carboxylic acids is 1. The van der Waals surface area contributed by atoms with Crippen molar-refractivity contribution in [3.05, 3.63) is 23.3 Å². The van der Waals surface area contributed by atoms with Crippen LogP contribution in [0.4, 0.5) is 0 Å². The molecule has 0 fully saturated rings. The molecule has 1 aromatic rings. The Bertz CT molecular complexity index is 457. The SMILES string of the molecule is COc1cc(C)c(C(CC(=O)O)N(C)C)cc1OC. The van der Waals surface area contributed by atoms with Gasteiger partial charge in [0.25, 0.3) is 0 Å². The second-order valence-electron chi connectivity index (χ2n) is 4.64. The highest BCUT2D eigenvalue weighted by atomic mass is 16.5. The van der Waals surface area contributed by atoms with Crippen LogP contribution in [-0.2, 0) is 4.79 Å². The third kappa shape index (κ3) is 3.61. The van der Waals surface area contributed by atoms with E-state index in [9.17, 15) is 4.79 Å². The molecule has 5 heteroatoms. The molecule has 0 amide bonds. The minimum Gasteiger partial charge on any atom is -0.493 e. The summed E-state index contributed by atoms with van der Waals surface area (Å²) in [6, 6.07) is 3.52. The van der Waals surface area contributed by atoms with E-state index in [1.165, 1.54) is 0 Å². The molecule has 1 N–H and O–H groups in total. The number of methoxy groups -OCH3 is 2. The first-order valence-corrected chi connectivity index (χ1v) is 6.01. The molecule has 0 heterocycles. The van der Waals surface area contributed by atoms with E-state index in [0.29, 0.717) is 11.5 Å². The maximum absolute atomic E-state index is 11.0. The van der Waals surface area contributed by atoms with Crippen molar-refractivity contribution in [1.82, 2.24) is 4.90 Å². The van der Waals surface area contributed by atoms with Gasteiger partial charge in [-0.2, -0.15) is 0 Å². The first-order chi connectivity index (χ1) is 8.90. The second-order valence-corrected chi connectivity index (χ2v) is 4.64. The number of carbonyl (C=O) groups is 1. The number of benzene rings is 1. The van der Waals surface area contributed by atoms with Gasteiger partial charge in [-0.15, -0.1) is 0 Å². The van der Waals surface area contributed by atoms with Gasteiger partial charge in [0.1, 0.15) is 0 Å². The highest BCUT2D eigenvalue weighted by Gasteiger charge is 2.21. The largest absolute Gasteiger partial charge is 0.493 e. The van der Waals surface area contributed by atoms with E-state index >= 15 is 0 Å². The summed E-state index contributed by atoms with van der Waals surface area (Å²) in [4.78, 5) is 12.9. The van der Waals surface area contributed by atoms with Gasteiger partial charge >= 0.3 is 5.97 Å². The zero-order chi connectivity index (χ0) is 14.6. The normalized spacial score (nSPS) is 12.3. The Balaban J connectivity index is 3.26. The lowest BCUT2D eigenvalue weighted by Crippen LogP contribution is -2.23. The fraction of sp³-hybridized carbons (Fsp3) is 0.500. The van der Waals surface area contributed by atoms with Crippen molar-refractivity contribution >= 4 is 5.97 Å². The number of rotatable bonds is 6. The average molecular weight is 267 g/mol. The van der Waals surface area contributed by atoms with Gasteiger partial charge < -0.3 is 19.5 Å². The zero-order valence-corrected chi connectivity index (χ0v) is 12.1.